The number of carboxylic acid groups (broad SMARTS) is 1. The van der Waals surface area contributed by atoms with Crippen molar-refractivity contribution in [2.45, 2.75) is 25.9 Å². The Bertz CT molecular complexity index is 1140. The zero-order valence-electron chi connectivity index (χ0n) is 16.1. The SMILES string of the molecule is O=C(O)c1cccc(C2=C(c3ccccc3OCc3ccc(Cl)cc3F)CCC2)n1. The van der Waals surface area contributed by atoms with Gasteiger partial charge < -0.3 is 9.84 Å². The summed E-state index contributed by atoms with van der Waals surface area (Å²) in [5.74, 6) is -0.809. The van der Waals surface area contributed by atoms with E-state index in [1.54, 1.807) is 18.2 Å². The summed E-state index contributed by atoms with van der Waals surface area (Å²) in [6, 6.07) is 17.2. The molecule has 1 aromatic heterocycles. The maximum absolute atomic E-state index is 14.1. The lowest BCUT2D eigenvalue weighted by molar-refractivity contribution is 0.0690. The normalized spacial score (nSPS) is 13.5. The number of hydrogen-bond acceptors (Lipinski definition) is 3. The summed E-state index contributed by atoms with van der Waals surface area (Å²) in [7, 11) is 0. The molecule has 2 aromatic carbocycles. The minimum atomic E-state index is -1.05. The van der Waals surface area contributed by atoms with E-state index in [1.165, 1.54) is 12.1 Å². The first-order valence-electron chi connectivity index (χ1n) is 9.62. The molecule has 0 saturated carbocycles. The summed E-state index contributed by atoms with van der Waals surface area (Å²) in [6.07, 6.45) is 2.60. The molecular weight excluding hydrogens is 405 g/mol. The van der Waals surface area contributed by atoms with E-state index < -0.39 is 11.8 Å². The van der Waals surface area contributed by atoms with Gasteiger partial charge in [-0.3, -0.25) is 0 Å². The molecule has 3 aromatic rings. The summed E-state index contributed by atoms with van der Waals surface area (Å²) in [5, 5.41) is 9.60. The van der Waals surface area contributed by atoms with Crippen molar-refractivity contribution >= 4 is 28.7 Å². The number of ether oxygens (including phenoxy) is 1. The van der Waals surface area contributed by atoms with Gasteiger partial charge in [0.15, 0.2) is 0 Å². The average Bonchev–Trinajstić information content (AvgIpc) is 3.23. The topological polar surface area (TPSA) is 59.4 Å². The molecule has 1 aliphatic rings. The van der Waals surface area contributed by atoms with Gasteiger partial charge in [-0.05, 0) is 60.7 Å². The third kappa shape index (κ3) is 4.21. The largest absolute Gasteiger partial charge is 0.488 e. The van der Waals surface area contributed by atoms with E-state index in [0.717, 1.165) is 36.0 Å². The Balaban J connectivity index is 1.67. The van der Waals surface area contributed by atoms with Crippen molar-refractivity contribution in [3.05, 3.63) is 94.0 Å². The Morgan fingerprint density at radius 1 is 1.07 bits per heavy atom. The summed E-state index contributed by atoms with van der Waals surface area (Å²) in [4.78, 5) is 15.6. The van der Waals surface area contributed by atoms with E-state index in [0.29, 0.717) is 22.0 Å². The van der Waals surface area contributed by atoms with Crippen LogP contribution in [0.1, 0.15) is 46.6 Å². The van der Waals surface area contributed by atoms with Gasteiger partial charge in [-0.15, -0.1) is 0 Å². The number of hydrogen-bond donors (Lipinski definition) is 1. The van der Waals surface area contributed by atoms with Gasteiger partial charge in [-0.1, -0.05) is 41.9 Å². The van der Waals surface area contributed by atoms with E-state index in [9.17, 15) is 14.3 Å². The molecule has 0 unspecified atom stereocenters. The molecule has 0 fully saturated rings. The van der Waals surface area contributed by atoms with Crippen LogP contribution in [0, 0.1) is 5.82 Å². The number of benzene rings is 2. The van der Waals surface area contributed by atoms with Crippen LogP contribution >= 0.6 is 11.6 Å². The van der Waals surface area contributed by atoms with Crippen LogP contribution in [0.3, 0.4) is 0 Å². The Morgan fingerprint density at radius 2 is 1.87 bits per heavy atom. The number of nitrogens with zero attached hydrogens (tertiary/aromatic N) is 1. The number of aromatic carboxylic acids is 1. The molecule has 1 N–H and O–H groups in total. The Hall–Kier alpha value is -3.18. The number of aromatic nitrogens is 1. The molecule has 0 radical (unpaired) electrons. The number of halogens is 2. The highest BCUT2D eigenvalue weighted by molar-refractivity contribution is 6.30. The van der Waals surface area contributed by atoms with Gasteiger partial charge >= 0.3 is 5.97 Å². The van der Waals surface area contributed by atoms with Crippen molar-refractivity contribution in [3.63, 3.8) is 0 Å². The van der Waals surface area contributed by atoms with Crippen LogP contribution in [0.4, 0.5) is 4.39 Å². The average molecular weight is 424 g/mol. The minimum absolute atomic E-state index is 0.0222. The fraction of sp³-hybridized carbons (Fsp3) is 0.167. The van der Waals surface area contributed by atoms with Crippen LogP contribution in [0.5, 0.6) is 5.75 Å². The van der Waals surface area contributed by atoms with E-state index in [2.05, 4.69) is 4.98 Å². The highest BCUT2D eigenvalue weighted by Gasteiger charge is 2.22. The lowest BCUT2D eigenvalue weighted by Gasteiger charge is -2.15. The first kappa shape index (κ1) is 20.1. The summed E-state index contributed by atoms with van der Waals surface area (Å²) < 4.78 is 20.1. The molecule has 0 atom stereocenters. The second kappa shape index (κ2) is 8.67. The number of rotatable bonds is 6. The third-order valence-electron chi connectivity index (χ3n) is 5.11. The Kier molecular flexibility index (Phi) is 5.81. The lowest BCUT2D eigenvalue weighted by Crippen LogP contribution is -2.03. The molecule has 152 valence electrons. The molecule has 30 heavy (non-hydrogen) atoms. The van der Waals surface area contributed by atoms with Gasteiger partial charge in [0, 0.05) is 16.1 Å². The van der Waals surface area contributed by atoms with Crippen LogP contribution < -0.4 is 4.74 Å². The van der Waals surface area contributed by atoms with Gasteiger partial charge in [-0.2, -0.15) is 0 Å². The molecule has 4 nitrogen and oxygen atoms in total. The molecule has 1 aliphatic carbocycles. The minimum Gasteiger partial charge on any atom is -0.488 e. The van der Waals surface area contributed by atoms with Crippen LogP contribution in [0.25, 0.3) is 11.1 Å². The standard InChI is InChI=1S/C24H19ClFNO3/c25-16-12-11-15(20(26)13-16)14-30-23-10-2-1-5-19(23)17-6-3-7-18(17)21-8-4-9-22(27-21)24(28)29/h1-2,4-5,8-13H,3,6-7,14H2,(H,28,29). The fourth-order valence-electron chi connectivity index (χ4n) is 3.68. The summed E-state index contributed by atoms with van der Waals surface area (Å²) in [5.41, 5.74) is 4.13. The predicted octanol–water partition coefficient (Wildman–Crippen LogP) is 6.25. The monoisotopic (exact) mass is 423 g/mol. The quantitative estimate of drug-likeness (QED) is 0.509. The molecule has 1 heterocycles. The summed E-state index contributed by atoms with van der Waals surface area (Å²) in [6.45, 7) is 0.0787. The third-order valence-corrected chi connectivity index (χ3v) is 5.34. The molecule has 0 bridgehead atoms. The first-order valence-corrected chi connectivity index (χ1v) is 9.99. The molecule has 6 heteroatoms. The van der Waals surface area contributed by atoms with Crippen LogP contribution in [0.15, 0.2) is 60.7 Å². The first-order chi connectivity index (χ1) is 14.5. The zero-order valence-corrected chi connectivity index (χ0v) is 16.8. The van der Waals surface area contributed by atoms with Crippen molar-refractivity contribution in [2.75, 3.05) is 0 Å². The highest BCUT2D eigenvalue weighted by Crippen LogP contribution is 2.42. The Labute approximate surface area is 178 Å². The van der Waals surface area contributed by atoms with E-state index in [1.807, 2.05) is 30.3 Å². The summed E-state index contributed by atoms with van der Waals surface area (Å²) >= 11 is 5.82. The second-order valence-corrected chi connectivity index (χ2v) is 7.48. The van der Waals surface area contributed by atoms with Gasteiger partial charge in [0.1, 0.15) is 23.9 Å². The zero-order chi connectivity index (χ0) is 21.1. The molecule has 0 aliphatic heterocycles. The molecule has 4 rings (SSSR count). The number of carboxylic acids is 1. The molecule has 0 amide bonds. The molecule has 0 saturated heterocycles. The van der Waals surface area contributed by atoms with Crippen LogP contribution in [0.2, 0.25) is 5.02 Å². The fourth-order valence-corrected chi connectivity index (χ4v) is 3.84. The van der Waals surface area contributed by atoms with Gasteiger partial charge in [0.25, 0.3) is 0 Å². The van der Waals surface area contributed by atoms with Gasteiger partial charge in [0.05, 0.1) is 5.69 Å². The maximum atomic E-state index is 14.1. The van der Waals surface area contributed by atoms with Crippen LogP contribution in [-0.2, 0) is 6.61 Å². The highest BCUT2D eigenvalue weighted by atomic mass is 35.5. The second-order valence-electron chi connectivity index (χ2n) is 7.04. The van der Waals surface area contributed by atoms with E-state index in [-0.39, 0.29) is 12.3 Å². The van der Waals surface area contributed by atoms with Gasteiger partial charge in [-0.25, -0.2) is 14.2 Å². The van der Waals surface area contributed by atoms with Crippen molar-refractivity contribution in [2.24, 2.45) is 0 Å². The van der Waals surface area contributed by atoms with Crippen LogP contribution in [-0.4, -0.2) is 16.1 Å². The number of pyridine rings is 1. The number of para-hydroxylation sites is 1. The van der Waals surface area contributed by atoms with E-state index in [4.69, 9.17) is 16.3 Å². The number of allylic oxidation sites excluding steroid dienone is 2. The molecular formula is C24H19ClFNO3. The van der Waals surface area contributed by atoms with E-state index >= 15 is 0 Å². The maximum Gasteiger partial charge on any atom is 0.354 e. The van der Waals surface area contributed by atoms with Crippen molar-refractivity contribution in [1.82, 2.24) is 4.98 Å². The van der Waals surface area contributed by atoms with Crippen molar-refractivity contribution < 1.29 is 19.0 Å². The Morgan fingerprint density at radius 3 is 2.67 bits per heavy atom. The van der Waals surface area contributed by atoms with Crippen molar-refractivity contribution in [1.29, 1.82) is 0 Å². The lowest BCUT2D eigenvalue weighted by atomic mass is 9.99. The van der Waals surface area contributed by atoms with Crippen molar-refractivity contribution in [3.8, 4) is 5.75 Å². The predicted molar refractivity (Wildman–Crippen MR) is 114 cm³/mol. The van der Waals surface area contributed by atoms with Gasteiger partial charge in [0.2, 0.25) is 0 Å². The number of carbonyl (C=O) groups is 1. The smallest absolute Gasteiger partial charge is 0.354 e. The molecule has 0 spiro atoms.